The van der Waals surface area contributed by atoms with Crippen LogP contribution < -0.4 is 15.2 Å². The number of nitrogens with two attached hydrogens (primary N) is 1. The van der Waals surface area contributed by atoms with Crippen LogP contribution >= 0.6 is 11.6 Å². The molecule has 0 aromatic heterocycles. The second-order valence-corrected chi connectivity index (χ2v) is 5.21. The van der Waals surface area contributed by atoms with Gasteiger partial charge in [-0.3, -0.25) is 0 Å². The van der Waals surface area contributed by atoms with Crippen molar-refractivity contribution in [1.82, 2.24) is 0 Å². The topological polar surface area (TPSA) is 44.5 Å². The molecule has 0 unspecified atom stereocenters. The van der Waals surface area contributed by atoms with Gasteiger partial charge in [-0.05, 0) is 53.8 Å². The van der Waals surface area contributed by atoms with Crippen LogP contribution in [0.1, 0.15) is 16.7 Å². The van der Waals surface area contributed by atoms with Gasteiger partial charge in [0.05, 0.1) is 19.2 Å². The van der Waals surface area contributed by atoms with Crippen molar-refractivity contribution >= 4 is 11.6 Å². The summed E-state index contributed by atoms with van der Waals surface area (Å²) in [6, 6.07) is 12.0. The molecule has 0 saturated carbocycles. The quantitative estimate of drug-likeness (QED) is 0.887. The fourth-order valence-electron chi connectivity index (χ4n) is 2.29. The van der Waals surface area contributed by atoms with Crippen LogP contribution in [0.5, 0.6) is 11.5 Å². The lowest BCUT2D eigenvalue weighted by atomic mass is 9.99. The molecule has 2 N–H and O–H groups in total. The number of hydrogen-bond acceptors (Lipinski definition) is 3. The zero-order chi connectivity index (χ0) is 15.2. The SMILES string of the molecule is COc1ccc(CCc2cc(OC)c(Cl)cc2CN)cc1. The van der Waals surface area contributed by atoms with E-state index in [1.807, 2.05) is 24.3 Å². The fourth-order valence-corrected chi connectivity index (χ4v) is 2.55. The summed E-state index contributed by atoms with van der Waals surface area (Å²) in [6.07, 6.45) is 1.83. The minimum Gasteiger partial charge on any atom is -0.497 e. The van der Waals surface area contributed by atoms with Crippen LogP contribution in [0.3, 0.4) is 0 Å². The lowest BCUT2D eigenvalue weighted by Crippen LogP contribution is -2.04. The van der Waals surface area contributed by atoms with E-state index in [0.29, 0.717) is 17.3 Å². The van der Waals surface area contributed by atoms with Crippen molar-refractivity contribution in [1.29, 1.82) is 0 Å². The van der Waals surface area contributed by atoms with Gasteiger partial charge in [0.2, 0.25) is 0 Å². The Morgan fingerprint density at radius 2 is 1.67 bits per heavy atom. The predicted molar refractivity (Wildman–Crippen MR) is 86.3 cm³/mol. The maximum absolute atomic E-state index is 6.14. The Morgan fingerprint density at radius 3 is 2.24 bits per heavy atom. The number of ether oxygens (including phenoxy) is 2. The summed E-state index contributed by atoms with van der Waals surface area (Å²) in [5, 5.41) is 0.603. The van der Waals surface area contributed by atoms with Gasteiger partial charge in [0, 0.05) is 6.54 Å². The number of halogens is 1. The van der Waals surface area contributed by atoms with E-state index in [1.165, 1.54) is 11.1 Å². The molecule has 4 heteroatoms. The minimum atomic E-state index is 0.474. The van der Waals surface area contributed by atoms with Gasteiger partial charge in [-0.1, -0.05) is 23.7 Å². The Balaban J connectivity index is 2.14. The largest absolute Gasteiger partial charge is 0.497 e. The molecule has 0 bridgehead atoms. The van der Waals surface area contributed by atoms with Crippen LogP contribution in [0.15, 0.2) is 36.4 Å². The van der Waals surface area contributed by atoms with E-state index in [9.17, 15) is 0 Å². The van der Waals surface area contributed by atoms with Gasteiger partial charge in [-0.2, -0.15) is 0 Å². The van der Waals surface area contributed by atoms with Gasteiger partial charge in [0.25, 0.3) is 0 Å². The van der Waals surface area contributed by atoms with E-state index in [0.717, 1.165) is 24.2 Å². The van der Waals surface area contributed by atoms with Crippen LogP contribution in [0, 0.1) is 0 Å². The average Bonchev–Trinajstić information content (AvgIpc) is 2.53. The first-order valence-corrected chi connectivity index (χ1v) is 7.24. The molecule has 0 spiro atoms. The van der Waals surface area contributed by atoms with Crippen molar-refractivity contribution in [3.8, 4) is 11.5 Å². The second kappa shape index (κ2) is 7.34. The Bertz CT molecular complexity index is 596. The van der Waals surface area contributed by atoms with Crippen molar-refractivity contribution < 1.29 is 9.47 Å². The molecule has 0 aliphatic heterocycles. The van der Waals surface area contributed by atoms with Gasteiger partial charge in [0.1, 0.15) is 11.5 Å². The summed E-state index contributed by atoms with van der Waals surface area (Å²) in [7, 11) is 3.29. The fraction of sp³-hybridized carbons (Fsp3) is 0.294. The molecule has 3 nitrogen and oxygen atoms in total. The van der Waals surface area contributed by atoms with E-state index in [4.69, 9.17) is 26.8 Å². The molecule has 0 amide bonds. The summed E-state index contributed by atoms with van der Waals surface area (Å²) in [5.41, 5.74) is 9.30. The van der Waals surface area contributed by atoms with Gasteiger partial charge in [-0.25, -0.2) is 0 Å². The highest BCUT2D eigenvalue weighted by Gasteiger charge is 2.08. The second-order valence-electron chi connectivity index (χ2n) is 4.81. The van der Waals surface area contributed by atoms with Crippen LogP contribution in [0.4, 0.5) is 0 Å². The lowest BCUT2D eigenvalue weighted by Gasteiger charge is -2.12. The molecule has 0 radical (unpaired) electrons. The Morgan fingerprint density at radius 1 is 0.952 bits per heavy atom. The third-order valence-electron chi connectivity index (χ3n) is 3.54. The minimum absolute atomic E-state index is 0.474. The Kier molecular flexibility index (Phi) is 5.48. The molecule has 0 heterocycles. The number of methoxy groups -OCH3 is 2. The number of benzene rings is 2. The van der Waals surface area contributed by atoms with Crippen LogP contribution in [-0.2, 0) is 19.4 Å². The summed E-state index contributed by atoms with van der Waals surface area (Å²) in [4.78, 5) is 0. The third kappa shape index (κ3) is 3.90. The maximum Gasteiger partial charge on any atom is 0.137 e. The smallest absolute Gasteiger partial charge is 0.137 e. The van der Waals surface area contributed by atoms with Gasteiger partial charge in [-0.15, -0.1) is 0 Å². The molecule has 0 fully saturated rings. The number of aryl methyl sites for hydroxylation is 2. The summed E-state index contributed by atoms with van der Waals surface area (Å²) >= 11 is 6.14. The lowest BCUT2D eigenvalue weighted by molar-refractivity contribution is 0.414. The molecule has 2 rings (SSSR count). The molecule has 0 saturated heterocycles. The summed E-state index contributed by atoms with van der Waals surface area (Å²) in [6.45, 7) is 0.474. The van der Waals surface area contributed by atoms with E-state index < -0.39 is 0 Å². The number of rotatable bonds is 6. The van der Waals surface area contributed by atoms with Crippen LogP contribution in [0.25, 0.3) is 0 Å². The molecule has 21 heavy (non-hydrogen) atoms. The van der Waals surface area contributed by atoms with Crippen LogP contribution in [0.2, 0.25) is 5.02 Å². The number of hydrogen-bond donors (Lipinski definition) is 1. The average molecular weight is 306 g/mol. The van der Waals surface area contributed by atoms with E-state index in [-0.39, 0.29) is 0 Å². The highest BCUT2D eigenvalue weighted by molar-refractivity contribution is 6.32. The van der Waals surface area contributed by atoms with Crippen molar-refractivity contribution in [3.63, 3.8) is 0 Å². The molecular weight excluding hydrogens is 286 g/mol. The van der Waals surface area contributed by atoms with E-state index in [1.54, 1.807) is 14.2 Å². The molecular formula is C17H20ClNO2. The van der Waals surface area contributed by atoms with Gasteiger partial charge < -0.3 is 15.2 Å². The van der Waals surface area contributed by atoms with Crippen LogP contribution in [-0.4, -0.2) is 14.2 Å². The van der Waals surface area contributed by atoms with Crippen molar-refractivity contribution in [2.24, 2.45) is 5.73 Å². The molecule has 0 atom stereocenters. The van der Waals surface area contributed by atoms with Gasteiger partial charge in [0.15, 0.2) is 0 Å². The first kappa shape index (κ1) is 15.7. The van der Waals surface area contributed by atoms with E-state index >= 15 is 0 Å². The highest BCUT2D eigenvalue weighted by atomic mass is 35.5. The van der Waals surface area contributed by atoms with Crippen molar-refractivity contribution in [2.75, 3.05) is 14.2 Å². The first-order valence-electron chi connectivity index (χ1n) is 6.86. The zero-order valence-electron chi connectivity index (χ0n) is 12.4. The summed E-state index contributed by atoms with van der Waals surface area (Å²) < 4.78 is 10.4. The van der Waals surface area contributed by atoms with Crippen molar-refractivity contribution in [2.45, 2.75) is 19.4 Å². The summed E-state index contributed by atoms with van der Waals surface area (Å²) in [5.74, 6) is 1.56. The molecule has 112 valence electrons. The zero-order valence-corrected chi connectivity index (χ0v) is 13.1. The first-order chi connectivity index (χ1) is 10.2. The Labute approximate surface area is 130 Å². The van der Waals surface area contributed by atoms with E-state index in [2.05, 4.69) is 12.1 Å². The highest BCUT2D eigenvalue weighted by Crippen LogP contribution is 2.29. The predicted octanol–water partition coefficient (Wildman–Crippen LogP) is 3.60. The standard InChI is InChI=1S/C17H20ClNO2/c1-20-15-7-4-12(5-8-15)3-6-13-10-17(21-2)16(18)9-14(13)11-19/h4-5,7-10H,3,6,11,19H2,1-2H3. The maximum atomic E-state index is 6.14. The molecule has 2 aromatic rings. The Hall–Kier alpha value is -1.71. The van der Waals surface area contributed by atoms with Gasteiger partial charge >= 0.3 is 0 Å². The third-order valence-corrected chi connectivity index (χ3v) is 3.83. The van der Waals surface area contributed by atoms with Crippen molar-refractivity contribution in [3.05, 3.63) is 58.1 Å². The molecule has 2 aromatic carbocycles. The molecule has 0 aliphatic rings. The normalized spacial score (nSPS) is 10.5. The molecule has 0 aliphatic carbocycles. The monoisotopic (exact) mass is 305 g/mol.